The van der Waals surface area contributed by atoms with Crippen LogP contribution in [0.1, 0.15) is 12.5 Å². The minimum atomic E-state index is -3.43. The van der Waals surface area contributed by atoms with Gasteiger partial charge in [0.2, 0.25) is 10.0 Å². The van der Waals surface area contributed by atoms with Gasteiger partial charge in [-0.05, 0) is 29.7 Å². The Morgan fingerprint density at radius 1 is 1.35 bits per heavy atom. The fraction of sp³-hybridized carbons (Fsp3) is 0.538. The van der Waals surface area contributed by atoms with E-state index in [0.717, 1.165) is 17.7 Å². The molecule has 5 nitrogen and oxygen atoms in total. The van der Waals surface area contributed by atoms with Gasteiger partial charge in [-0.1, -0.05) is 6.92 Å². The maximum atomic E-state index is 12.6. The number of benzene rings is 1. The molecule has 1 aromatic carbocycles. The van der Waals surface area contributed by atoms with Crippen LogP contribution in [0.5, 0.6) is 5.75 Å². The third-order valence-electron chi connectivity index (χ3n) is 3.94. The predicted molar refractivity (Wildman–Crippen MR) is 78.8 cm³/mol. The second-order valence-corrected chi connectivity index (χ2v) is 7.27. The zero-order valence-corrected chi connectivity index (χ0v) is 12.9. The SMILES string of the molecule is CC1CN(S(=O)(=O)c2ccc3c(c2)CCO3)CC1N.Cl. The Bertz CT molecular complexity index is 596. The van der Waals surface area contributed by atoms with Gasteiger partial charge in [0, 0.05) is 25.6 Å². The second-order valence-electron chi connectivity index (χ2n) is 5.33. The van der Waals surface area contributed by atoms with E-state index in [2.05, 4.69) is 0 Å². The zero-order valence-electron chi connectivity index (χ0n) is 11.3. The van der Waals surface area contributed by atoms with Crippen molar-refractivity contribution >= 4 is 22.4 Å². The summed E-state index contributed by atoms with van der Waals surface area (Å²) in [6.45, 7) is 3.51. The molecule has 2 aliphatic rings. The molecule has 3 rings (SSSR count). The first-order chi connectivity index (χ1) is 8.98. The van der Waals surface area contributed by atoms with Crippen LogP contribution < -0.4 is 10.5 Å². The maximum Gasteiger partial charge on any atom is 0.243 e. The molecule has 2 heterocycles. The first-order valence-electron chi connectivity index (χ1n) is 6.50. The Balaban J connectivity index is 0.00000147. The highest BCUT2D eigenvalue weighted by Crippen LogP contribution is 2.30. The molecule has 2 atom stereocenters. The molecule has 0 aromatic heterocycles. The van der Waals surface area contributed by atoms with Crippen molar-refractivity contribution in [3.8, 4) is 5.75 Å². The lowest BCUT2D eigenvalue weighted by Gasteiger charge is -2.16. The maximum absolute atomic E-state index is 12.6. The minimum Gasteiger partial charge on any atom is -0.493 e. The molecule has 20 heavy (non-hydrogen) atoms. The van der Waals surface area contributed by atoms with Gasteiger partial charge >= 0.3 is 0 Å². The van der Waals surface area contributed by atoms with Gasteiger partial charge in [0.05, 0.1) is 11.5 Å². The summed E-state index contributed by atoms with van der Waals surface area (Å²) in [5.41, 5.74) is 6.88. The van der Waals surface area contributed by atoms with Crippen LogP contribution in [0.3, 0.4) is 0 Å². The third kappa shape index (κ3) is 2.53. The largest absolute Gasteiger partial charge is 0.493 e. The van der Waals surface area contributed by atoms with Crippen molar-refractivity contribution in [2.75, 3.05) is 19.7 Å². The van der Waals surface area contributed by atoms with Crippen molar-refractivity contribution in [1.29, 1.82) is 0 Å². The van der Waals surface area contributed by atoms with Gasteiger partial charge < -0.3 is 10.5 Å². The van der Waals surface area contributed by atoms with Crippen molar-refractivity contribution in [3.05, 3.63) is 23.8 Å². The van der Waals surface area contributed by atoms with E-state index in [1.165, 1.54) is 4.31 Å². The lowest BCUT2D eigenvalue weighted by molar-refractivity contribution is 0.356. The van der Waals surface area contributed by atoms with Gasteiger partial charge in [0.15, 0.2) is 0 Å². The highest BCUT2D eigenvalue weighted by molar-refractivity contribution is 7.89. The molecule has 0 radical (unpaired) electrons. The predicted octanol–water partition coefficient (Wildman–Crippen LogP) is 1.01. The first-order valence-corrected chi connectivity index (χ1v) is 7.94. The molecule has 0 saturated carbocycles. The highest BCUT2D eigenvalue weighted by atomic mass is 35.5. The summed E-state index contributed by atoms with van der Waals surface area (Å²) >= 11 is 0. The van der Waals surface area contributed by atoms with Gasteiger partial charge in [-0.2, -0.15) is 4.31 Å². The Kier molecular flexibility index (Phi) is 4.30. The number of sulfonamides is 1. The summed E-state index contributed by atoms with van der Waals surface area (Å²) in [6, 6.07) is 5.02. The normalized spacial score (nSPS) is 25.9. The molecule has 112 valence electrons. The van der Waals surface area contributed by atoms with Crippen molar-refractivity contribution in [2.45, 2.75) is 24.3 Å². The molecule has 1 fully saturated rings. The van der Waals surface area contributed by atoms with E-state index in [1.54, 1.807) is 18.2 Å². The number of rotatable bonds is 2. The van der Waals surface area contributed by atoms with E-state index in [4.69, 9.17) is 10.5 Å². The molecule has 2 N–H and O–H groups in total. The van der Waals surface area contributed by atoms with Crippen molar-refractivity contribution in [1.82, 2.24) is 4.31 Å². The molecule has 1 saturated heterocycles. The minimum absolute atomic E-state index is 0. The number of nitrogens with two attached hydrogens (primary N) is 1. The molecule has 1 aromatic rings. The summed E-state index contributed by atoms with van der Waals surface area (Å²) in [5.74, 6) is 0.998. The highest BCUT2D eigenvalue weighted by Gasteiger charge is 2.35. The van der Waals surface area contributed by atoms with E-state index in [9.17, 15) is 8.42 Å². The smallest absolute Gasteiger partial charge is 0.243 e. The lowest BCUT2D eigenvalue weighted by Crippen LogP contribution is -2.32. The summed E-state index contributed by atoms with van der Waals surface area (Å²) in [6.07, 6.45) is 0.772. The van der Waals surface area contributed by atoms with Crippen LogP contribution in [0.25, 0.3) is 0 Å². The molecule has 2 unspecified atom stereocenters. The molecule has 0 aliphatic carbocycles. The van der Waals surface area contributed by atoms with Crippen LogP contribution in [0.2, 0.25) is 0 Å². The number of hydrogen-bond acceptors (Lipinski definition) is 4. The van der Waals surface area contributed by atoms with Gasteiger partial charge in [0.25, 0.3) is 0 Å². The fourth-order valence-electron chi connectivity index (χ4n) is 2.61. The van der Waals surface area contributed by atoms with Crippen molar-refractivity contribution in [2.24, 2.45) is 11.7 Å². The molecule has 0 amide bonds. The summed E-state index contributed by atoms with van der Waals surface area (Å²) in [4.78, 5) is 0.345. The monoisotopic (exact) mass is 318 g/mol. The second kappa shape index (κ2) is 5.52. The summed E-state index contributed by atoms with van der Waals surface area (Å²) < 4.78 is 32.0. The molecule has 2 aliphatic heterocycles. The average Bonchev–Trinajstić information content (AvgIpc) is 2.96. The van der Waals surface area contributed by atoms with Crippen molar-refractivity contribution < 1.29 is 13.2 Å². The Morgan fingerprint density at radius 3 is 2.75 bits per heavy atom. The van der Waals surface area contributed by atoms with E-state index < -0.39 is 10.0 Å². The molecule has 7 heteroatoms. The lowest BCUT2D eigenvalue weighted by atomic mass is 10.1. The van der Waals surface area contributed by atoms with E-state index in [-0.39, 0.29) is 24.4 Å². The van der Waals surface area contributed by atoms with Gasteiger partial charge in [0.1, 0.15) is 5.75 Å². The number of nitrogens with zero attached hydrogens (tertiary/aromatic N) is 1. The van der Waals surface area contributed by atoms with Crippen LogP contribution in [-0.4, -0.2) is 38.5 Å². The van der Waals surface area contributed by atoms with Crippen molar-refractivity contribution in [3.63, 3.8) is 0 Å². The average molecular weight is 319 g/mol. The molecule has 0 bridgehead atoms. The van der Waals surface area contributed by atoms with E-state index in [0.29, 0.717) is 24.6 Å². The fourth-order valence-corrected chi connectivity index (χ4v) is 4.24. The topological polar surface area (TPSA) is 72.6 Å². The number of hydrogen-bond donors (Lipinski definition) is 1. The number of ether oxygens (including phenoxy) is 1. The van der Waals surface area contributed by atoms with Gasteiger partial charge in [-0.25, -0.2) is 8.42 Å². The summed E-state index contributed by atoms with van der Waals surface area (Å²) in [5, 5.41) is 0. The van der Waals surface area contributed by atoms with Gasteiger partial charge in [-0.15, -0.1) is 12.4 Å². The molecular weight excluding hydrogens is 300 g/mol. The molecule has 0 spiro atoms. The van der Waals surface area contributed by atoms with Crippen LogP contribution in [0, 0.1) is 5.92 Å². The van der Waals surface area contributed by atoms with Crippen LogP contribution >= 0.6 is 12.4 Å². The Morgan fingerprint density at radius 2 is 2.10 bits per heavy atom. The van der Waals surface area contributed by atoms with Crippen LogP contribution in [0.15, 0.2) is 23.1 Å². The first kappa shape index (κ1) is 15.6. The Hall–Kier alpha value is -0.820. The van der Waals surface area contributed by atoms with Crippen LogP contribution in [-0.2, 0) is 16.4 Å². The Labute approximate surface area is 125 Å². The van der Waals surface area contributed by atoms with E-state index >= 15 is 0 Å². The standard InChI is InChI=1S/C13H18N2O3S.ClH/c1-9-7-15(8-12(9)14)19(16,17)11-2-3-13-10(6-11)4-5-18-13;/h2-3,6,9,12H,4-5,7-8,14H2,1H3;1H. The number of fused-ring (bicyclic) bond motifs is 1. The van der Waals surface area contributed by atoms with Crippen LogP contribution in [0.4, 0.5) is 0 Å². The number of halogens is 1. The van der Waals surface area contributed by atoms with Gasteiger partial charge in [-0.3, -0.25) is 0 Å². The zero-order chi connectivity index (χ0) is 13.6. The van der Waals surface area contributed by atoms with E-state index in [1.807, 2.05) is 6.92 Å². The third-order valence-corrected chi connectivity index (χ3v) is 5.76. The summed E-state index contributed by atoms with van der Waals surface area (Å²) in [7, 11) is -3.43. The molecular formula is C13H19ClN2O3S. The quantitative estimate of drug-likeness (QED) is 0.883.